The maximum Gasteiger partial charge on any atom is 0.223 e. The van der Waals surface area contributed by atoms with E-state index in [9.17, 15) is 0 Å². The molecule has 1 unspecified atom stereocenters. The molecule has 5 heavy (non-hydrogen) atoms. The van der Waals surface area contributed by atoms with Gasteiger partial charge in [0.15, 0.2) is 0 Å². The van der Waals surface area contributed by atoms with Gasteiger partial charge in [-0.2, -0.15) is 0 Å². The standard InChI is InChI=1S/Ce.H2NO2P/c;2-1(3)4/h;4H2. The Labute approximate surface area is 65.3 Å². The molecule has 0 aromatic carbocycles. The minimum atomic E-state index is -0.583. The van der Waals surface area contributed by atoms with Gasteiger partial charge in [0.05, 0.1) is 0 Å². The van der Waals surface area contributed by atoms with E-state index >= 15 is 0 Å². The van der Waals surface area contributed by atoms with Crippen LogP contribution in [0.3, 0.4) is 0 Å². The van der Waals surface area contributed by atoms with Crippen LogP contribution in [0.2, 0.25) is 0 Å². The summed E-state index contributed by atoms with van der Waals surface area (Å²) in [7, 11) is 1.38. The van der Waals surface area contributed by atoms with Gasteiger partial charge in [-0.05, 0) is 0 Å². The van der Waals surface area contributed by atoms with Gasteiger partial charge < -0.3 is 0 Å². The Morgan fingerprint density at radius 3 is 1.80 bits per heavy atom. The van der Waals surface area contributed by atoms with Crippen molar-refractivity contribution in [3.8, 4) is 0 Å². The van der Waals surface area contributed by atoms with Gasteiger partial charge in [0.25, 0.3) is 0 Å². The fourth-order valence-electron chi connectivity index (χ4n) is 0. The quantitative estimate of drug-likeness (QED) is 0.328. The number of rotatable bonds is 0. The first-order valence-corrected chi connectivity index (χ1v) is 1.14. The third-order valence-electron chi connectivity index (χ3n) is 0. The van der Waals surface area contributed by atoms with Crippen molar-refractivity contribution >= 4 is 9.39 Å². The van der Waals surface area contributed by atoms with Crippen LogP contribution in [0.1, 0.15) is 0 Å². The van der Waals surface area contributed by atoms with Gasteiger partial charge in [-0.3, -0.25) is 10.1 Å². The summed E-state index contributed by atoms with van der Waals surface area (Å²) in [6, 6.07) is 0. The topological polar surface area (TPSA) is 43.1 Å². The van der Waals surface area contributed by atoms with Crippen molar-refractivity contribution in [2.45, 2.75) is 0 Å². The molecule has 0 aliphatic rings. The van der Waals surface area contributed by atoms with Crippen LogP contribution >= 0.6 is 9.39 Å². The van der Waals surface area contributed by atoms with Crippen LogP contribution in [0, 0.1) is 51.9 Å². The van der Waals surface area contributed by atoms with Crippen LogP contribution < -0.4 is 0 Å². The van der Waals surface area contributed by atoms with Gasteiger partial charge >= 0.3 is 0 Å². The summed E-state index contributed by atoms with van der Waals surface area (Å²) in [5.41, 5.74) is 0. The molecule has 0 N–H and O–H groups in total. The Morgan fingerprint density at radius 2 is 1.80 bits per heavy atom. The van der Waals surface area contributed by atoms with E-state index < -0.39 is 4.69 Å². The molecule has 0 heterocycles. The molecule has 28 valence electrons. The van der Waals surface area contributed by atoms with Crippen molar-refractivity contribution < 1.29 is 46.4 Å². The van der Waals surface area contributed by atoms with E-state index in [1.165, 1.54) is 9.39 Å². The molecule has 0 aromatic heterocycles. The van der Waals surface area contributed by atoms with Crippen molar-refractivity contribution in [2.75, 3.05) is 0 Å². The zero-order chi connectivity index (χ0) is 3.58. The van der Waals surface area contributed by atoms with Gasteiger partial charge in [0.2, 0.25) is 9.39 Å². The maximum absolute atomic E-state index is 8.77. The third-order valence-corrected chi connectivity index (χ3v) is 0. The van der Waals surface area contributed by atoms with E-state index in [-0.39, 0.29) is 41.7 Å². The molecule has 0 aliphatic heterocycles. The Morgan fingerprint density at radius 1 is 1.80 bits per heavy atom. The first kappa shape index (κ1) is 9.51. The van der Waals surface area contributed by atoms with Crippen molar-refractivity contribution in [1.82, 2.24) is 0 Å². The zero-order valence-corrected chi connectivity index (χ0v) is 6.64. The van der Waals surface area contributed by atoms with Crippen molar-refractivity contribution in [3.63, 3.8) is 0 Å². The normalized spacial score (nSPS) is 5.00. The van der Waals surface area contributed by atoms with E-state index in [1.54, 1.807) is 0 Å². The molecule has 0 amide bonds. The van der Waals surface area contributed by atoms with Crippen molar-refractivity contribution in [3.05, 3.63) is 10.1 Å². The predicted molar refractivity (Wildman–Crippen MR) is 16.7 cm³/mol. The molecule has 0 fully saturated rings. The summed E-state index contributed by atoms with van der Waals surface area (Å²) in [6.45, 7) is 0. The molecule has 0 bridgehead atoms. The number of hydrogen-bond donors (Lipinski definition) is 0. The van der Waals surface area contributed by atoms with Gasteiger partial charge in [-0.1, -0.05) is 0 Å². The summed E-state index contributed by atoms with van der Waals surface area (Å²) >= 11 is 0. The van der Waals surface area contributed by atoms with E-state index in [4.69, 9.17) is 10.1 Å². The van der Waals surface area contributed by atoms with Crippen LogP contribution in [-0.2, 0) is 0 Å². The van der Waals surface area contributed by atoms with Crippen LogP contribution in [0.5, 0.6) is 0 Å². The van der Waals surface area contributed by atoms with Crippen LogP contribution in [0.15, 0.2) is 0 Å². The third kappa shape index (κ3) is 36.8. The van der Waals surface area contributed by atoms with Crippen molar-refractivity contribution in [2.24, 2.45) is 0 Å². The molecule has 0 aliphatic carbocycles. The minimum Gasteiger partial charge on any atom is -0.264 e. The van der Waals surface area contributed by atoms with Gasteiger partial charge in [0.1, 0.15) is 0 Å². The van der Waals surface area contributed by atoms with Crippen LogP contribution in [0.25, 0.3) is 0 Å². The second-order valence-corrected chi connectivity index (χ2v) is 0.707. The van der Waals surface area contributed by atoms with E-state index in [1.807, 2.05) is 0 Å². The molecule has 5 heteroatoms. The molecule has 3 nitrogen and oxygen atoms in total. The Balaban J connectivity index is 0. The number of nitrogens with zero attached hydrogens (tertiary/aromatic N) is 1. The average molecular weight is 219 g/mol. The molecular weight excluding hydrogens is 217 g/mol. The fraction of sp³-hybridized carbons (Fsp3) is 0. The molecule has 0 aromatic rings. The number of hydrogen-bond acceptors (Lipinski definition) is 2. The summed E-state index contributed by atoms with van der Waals surface area (Å²) in [5, 5.41) is 8.77. The summed E-state index contributed by atoms with van der Waals surface area (Å²) in [6.07, 6.45) is 0. The number of nitro groups is 1. The summed E-state index contributed by atoms with van der Waals surface area (Å²) in [4.78, 5) is 8.77. The van der Waals surface area contributed by atoms with Crippen LogP contribution in [-0.4, -0.2) is 4.69 Å². The Bertz CT molecular complexity index is 32.6. The van der Waals surface area contributed by atoms with Gasteiger partial charge in [-0.15, -0.1) is 0 Å². The zero-order valence-electron chi connectivity index (χ0n) is 2.34. The van der Waals surface area contributed by atoms with E-state index in [0.717, 1.165) is 0 Å². The first-order chi connectivity index (χ1) is 1.73. The van der Waals surface area contributed by atoms with E-state index in [2.05, 4.69) is 0 Å². The summed E-state index contributed by atoms with van der Waals surface area (Å²) in [5.74, 6) is 0. The van der Waals surface area contributed by atoms with Gasteiger partial charge in [0, 0.05) is 46.4 Å². The fourth-order valence-corrected chi connectivity index (χ4v) is 0. The maximum atomic E-state index is 8.77. The molecule has 0 spiro atoms. The first-order valence-electron chi connectivity index (χ1n) is 0.623. The molecule has 0 saturated carbocycles. The second-order valence-electron chi connectivity index (χ2n) is 0.285. The van der Waals surface area contributed by atoms with E-state index in [0.29, 0.717) is 0 Å². The average Bonchev–Trinajstić information content (AvgIpc) is 0.811. The smallest absolute Gasteiger partial charge is 0.223 e. The monoisotopic (exact) mass is 219 g/mol. The van der Waals surface area contributed by atoms with Crippen LogP contribution in [0.4, 0.5) is 0 Å². The SMILES string of the molecule is O=[N+]([O-])P.[Ce]. The second kappa shape index (κ2) is 5.21. The van der Waals surface area contributed by atoms with Crippen molar-refractivity contribution in [1.29, 1.82) is 0 Å². The molecule has 0 radical (unpaired) electrons. The molecule has 1 atom stereocenters. The Kier molecular flexibility index (Phi) is 9.90. The molecule has 0 rings (SSSR count). The molecule has 0 saturated heterocycles. The Hall–Kier alpha value is 1.21. The molecular formula is H2CeNO2P. The van der Waals surface area contributed by atoms with Gasteiger partial charge in [-0.25, -0.2) is 0 Å². The predicted octanol–water partition coefficient (Wildman–Crippen LogP) is 0.0532. The minimum absolute atomic E-state index is 0. The summed E-state index contributed by atoms with van der Waals surface area (Å²) < 4.78 is -0.583. The largest absolute Gasteiger partial charge is 0.264 e.